The van der Waals surface area contributed by atoms with E-state index < -0.39 is 0 Å². The highest BCUT2D eigenvalue weighted by Gasteiger charge is 2.29. The summed E-state index contributed by atoms with van der Waals surface area (Å²) in [6.07, 6.45) is 0. The Labute approximate surface area is 497 Å². The Kier molecular flexibility index (Phi) is 11.4. The van der Waals surface area contributed by atoms with Gasteiger partial charge in [0.2, 0.25) is 4.74 Å². The van der Waals surface area contributed by atoms with Crippen molar-refractivity contribution < 1.29 is 0 Å². The minimum atomic E-state index is -0.172. The second-order valence-corrected chi connectivity index (χ2v) is 22.8. The molecule has 12 aromatic carbocycles. The first-order valence-electron chi connectivity index (χ1n) is 28.9. The van der Waals surface area contributed by atoms with Gasteiger partial charge in [0.1, 0.15) is 0 Å². The fourth-order valence-corrected chi connectivity index (χ4v) is 14.0. The van der Waals surface area contributed by atoms with E-state index in [1.54, 1.807) is 0 Å². The lowest BCUT2D eigenvalue weighted by molar-refractivity contribution is 1.06. The van der Waals surface area contributed by atoms with Crippen molar-refractivity contribution in [1.29, 1.82) is 0 Å². The molecule has 402 valence electrons. The van der Waals surface area contributed by atoms with E-state index in [0.717, 1.165) is 137 Å². The molecular formula is C78H48N6OS. The Morgan fingerprint density at radius 2 is 0.605 bits per heavy atom. The molecule has 0 fully saturated rings. The van der Waals surface area contributed by atoms with E-state index in [0.29, 0.717) is 23.0 Å². The zero-order valence-electron chi connectivity index (χ0n) is 46.2. The summed E-state index contributed by atoms with van der Waals surface area (Å²) in [4.78, 5) is 31.3. The van der Waals surface area contributed by atoms with Crippen molar-refractivity contribution in [3.63, 3.8) is 0 Å². The maximum absolute atomic E-state index is 15.9. The SMILES string of the molecule is O=c1sc2c(-n3c4ccccc4c4cc(-c5ccccc5)ccc43)c(-n3c4ccccc4c4cc(-c5ccccc5)ccc43)c(-n3c4ccccc4c4cc(-c5ccccc5)ccc43)cc2cc1-c1nc(-c2ccccc2)nc(-c2ccccc2)n1. The van der Waals surface area contributed by atoms with E-state index in [1.807, 2.05) is 66.7 Å². The number of hydrogen-bond donors (Lipinski definition) is 0. The van der Waals surface area contributed by atoms with Crippen molar-refractivity contribution in [2.45, 2.75) is 0 Å². The zero-order chi connectivity index (χ0) is 56.8. The number of hydrogen-bond acceptors (Lipinski definition) is 5. The molecular weight excluding hydrogens is 1070 g/mol. The summed E-state index contributed by atoms with van der Waals surface area (Å²) in [6.45, 7) is 0. The van der Waals surface area contributed by atoms with E-state index in [1.165, 1.54) is 11.3 Å². The third-order valence-corrected chi connectivity index (χ3v) is 18.0. The van der Waals surface area contributed by atoms with E-state index in [2.05, 4.69) is 238 Å². The predicted octanol–water partition coefficient (Wildman–Crippen LogP) is 19.7. The van der Waals surface area contributed by atoms with Gasteiger partial charge in [-0.1, -0.05) is 236 Å². The molecule has 86 heavy (non-hydrogen) atoms. The number of benzene rings is 12. The van der Waals surface area contributed by atoms with Gasteiger partial charge in [0.25, 0.3) is 0 Å². The number of aromatic nitrogens is 6. The first kappa shape index (κ1) is 49.3. The lowest BCUT2D eigenvalue weighted by Crippen LogP contribution is -2.11. The van der Waals surface area contributed by atoms with Crippen LogP contribution in [0, 0.1) is 0 Å². The van der Waals surface area contributed by atoms with Gasteiger partial charge in [-0.15, -0.1) is 0 Å². The fourth-order valence-electron chi connectivity index (χ4n) is 13.0. The average Bonchev–Trinajstić information content (AvgIpc) is 1.70. The van der Waals surface area contributed by atoms with Crippen molar-refractivity contribution in [3.8, 4) is 84.6 Å². The van der Waals surface area contributed by atoms with E-state index in [4.69, 9.17) is 15.0 Å². The van der Waals surface area contributed by atoms with Crippen LogP contribution in [0.2, 0.25) is 0 Å². The van der Waals surface area contributed by atoms with Crippen LogP contribution in [-0.2, 0) is 0 Å². The van der Waals surface area contributed by atoms with Crippen molar-refractivity contribution in [2.24, 2.45) is 0 Å². The second-order valence-electron chi connectivity index (χ2n) is 21.8. The van der Waals surface area contributed by atoms with Crippen molar-refractivity contribution >= 4 is 86.8 Å². The maximum Gasteiger partial charge on any atom is 0.244 e. The van der Waals surface area contributed by atoms with Gasteiger partial charge in [-0.3, -0.25) is 4.79 Å². The molecule has 0 N–H and O–H groups in total. The first-order valence-corrected chi connectivity index (χ1v) is 29.7. The standard InChI is InChI=1S/C78H48N6OS/c85-78-64(77-80-75(52-28-12-4-13-29-52)79-76(81-77)53-30-14-5-15-31-53)47-57-48-71(82-65-35-19-16-32-58(65)61-44-54(38-41-68(61)82)49-22-6-1-7-23-49)72(83-66-36-20-17-33-59(66)62-45-55(39-42-69(62)83)50-24-8-2-9-25-50)73(74(57)86-78)84-67-37-21-18-34-60(67)63-46-56(40-43-70(63)84)51-26-10-3-11-27-51/h1-48H. The van der Waals surface area contributed by atoms with Gasteiger partial charge in [0, 0.05) is 43.4 Å². The maximum atomic E-state index is 15.9. The van der Waals surface area contributed by atoms with Crippen LogP contribution < -0.4 is 4.74 Å². The summed E-state index contributed by atoms with van der Waals surface area (Å²) in [6, 6.07) is 103. The number of para-hydroxylation sites is 3. The molecule has 7 nitrogen and oxygen atoms in total. The van der Waals surface area contributed by atoms with Crippen LogP contribution in [0.3, 0.4) is 0 Å². The monoisotopic (exact) mass is 1120 g/mol. The Balaban J connectivity index is 1.06. The zero-order valence-corrected chi connectivity index (χ0v) is 47.0. The smallest absolute Gasteiger partial charge is 0.244 e. The molecule has 0 amide bonds. The number of rotatable bonds is 9. The van der Waals surface area contributed by atoms with Crippen molar-refractivity contribution in [1.82, 2.24) is 28.7 Å². The van der Waals surface area contributed by atoms with E-state index >= 15 is 4.79 Å². The molecule has 0 saturated heterocycles. The molecule has 17 rings (SSSR count). The summed E-state index contributed by atoms with van der Waals surface area (Å²) >= 11 is 1.24. The van der Waals surface area contributed by atoms with Crippen LogP contribution in [0.5, 0.6) is 0 Å². The summed E-state index contributed by atoms with van der Waals surface area (Å²) in [7, 11) is 0. The minimum Gasteiger partial charge on any atom is -0.307 e. The topological polar surface area (TPSA) is 70.5 Å². The van der Waals surface area contributed by atoms with Crippen LogP contribution in [0.25, 0.3) is 160 Å². The summed E-state index contributed by atoms with van der Waals surface area (Å²) in [5.41, 5.74) is 17.7. The van der Waals surface area contributed by atoms with Crippen LogP contribution in [0.1, 0.15) is 0 Å². The van der Waals surface area contributed by atoms with Crippen LogP contribution >= 0.6 is 11.3 Å². The molecule has 0 saturated carbocycles. The molecule has 5 aromatic heterocycles. The quantitative estimate of drug-likeness (QED) is 0.144. The molecule has 0 unspecified atom stereocenters. The molecule has 0 atom stereocenters. The van der Waals surface area contributed by atoms with Crippen molar-refractivity contribution in [3.05, 3.63) is 301 Å². The Morgan fingerprint density at radius 1 is 0.267 bits per heavy atom. The molecule has 0 bridgehead atoms. The Hall–Kier alpha value is -11.3. The molecule has 8 heteroatoms. The highest BCUT2D eigenvalue weighted by atomic mass is 32.1. The molecule has 0 radical (unpaired) electrons. The van der Waals surface area contributed by atoms with Gasteiger partial charge in [-0.25, -0.2) is 15.0 Å². The number of fused-ring (bicyclic) bond motifs is 10. The second kappa shape index (κ2) is 19.9. The highest BCUT2D eigenvalue weighted by molar-refractivity contribution is 7.17. The summed E-state index contributed by atoms with van der Waals surface area (Å²) < 4.78 is 8.00. The summed E-state index contributed by atoms with van der Waals surface area (Å²) in [5.74, 6) is 1.27. The van der Waals surface area contributed by atoms with Gasteiger partial charge in [0.15, 0.2) is 17.5 Å². The molecule has 0 aliphatic carbocycles. The molecule has 0 spiro atoms. The van der Waals surface area contributed by atoms with Gasteiger partial charge >= 0.3 is 0 Å². The van der Waals surface area contributed by atoms with Crippen LogP contribution in [0.15, 0.2) is 296 Å². The van der Waals surface area contributed by atoms with Gasteiger partial charge in [-0.2, -0.15) is 0 Å². The normalized spacial score (nSPS) is 11.8. The highest BCUT2D eigenvalue weighted by Crippen LogP contribution is 2.48. The van der Waals surface area contributed by atoms with Gasteiger partial charge in [0.05, 0.1) is 60.4 Å². The molecule has 0 aliphatic rings. The lowest BCUT2D eigenvalue weighted by Gasteiger charge is -2.24. The van der Waals surface area contributed by atoms with Crippen LogP contribution in [0.4, 0.5) is 0 Å². The first-order chi connectivity index (χ1) is 42.6. The van der Waals surface area contributed by atoms with Crippen LogP contribution in [-0.4, -0.2) is 28.7 Å². The average molecular weight is 1120 g/mol. The van der Waals surface area contributed by atoms with Gasteiger partial charge in [-0.05, 0) is 105 Å². The molecule has 5 heterocycles. The van der Waals surface area contributed by atoms with E-state index in [9.17, 15) is 0 Å². The Bertz CT molecular complexity index is 5540. The lowest BCUT2D eigenvalue weighted by atomic mass is 10.0. The largest absolute Gasteiger partial charge is 0.307 e. The third-order valence-electron chi connectivity index (χ3n) is 16.9. The number of nitrogens with zero attached hydrogens (tertiary/aromatic N) is 6. The molecule has 17 aromatic rings. The predicted molar refractivity (Wildman–Crippen MR) is 357 cm³/mol. The van der Waals surface area contributed by atoms with E-state index in [-0.39, 0.29) is 4.74 Å². The molecule has 0 aliphatic heterocycles. The van der Waals surface area contributed by atoms with Crippen molar-refractivity contribution in [2.75, 3.05) is 0 Å². The summed E-state index contributed by atoms with van der Waals surface area (Å²) in [5, 5.41) is 7.53. The van der Waals surface area contributed by atoms with Gasteiger partial charge < -0.3 is 13.7 Å². The third kappa shape index (κ3) is 7.95. The fraction of sp³-hybridized carbons (Fsp3) is 0. The minimum absolute atomic E-state index is 0.172. The Morgan fingerprint density at radius 3 is 1.03 bits per heavy atom.